The molecule has 0 aliphatic heterocycles. The van der Waals surface area contributed by atoms with E-state index in [1.807, 2.05) is 61.5 Å². The van der Waals surface area contributed by atoms with Crippen LogP contribution in [0.3, 0.4) is 0 Å². The molecule has 0 atom stereocenters. The molecule has 0 amide bonds. The number of nitrogens with zero attached hydrogens (tertiary/aromatic N) is 2. The zero-order valence-electron chi connectivity index (χ0n) is 13.7. The van der Waals surface area contributed by atoms with Crippen LogP contribution in [0.2, 0.25) is 0 Å². The van der Waals surface area contributed by atoms with Gasteiger partial charge in [0.25, 0.3) is 0 Å². The maximum absolute atomic E-state index is 9.79. The molecule has 0 aliphatic rings. The van der Waals surface area contributed by atoms with Crippen LogP contribution in [0.4, 0.5) is 5.69 Å². The molecule has 0 saturated heterocycles. The number of para-hydroxylation sites is 1. The Kier molecular flexibility index (Phi) is 3.78. The van der Waals surface area contributed by atoms with Gasteiger partial charge in [0.05, 0.1) is 5.69 Å². The fourth-order valence-corrected chi connectivity index (χ4v) is 2.56. The van der Waals surface area contributed by atoms with Crippen LogP contribution in [0.25, 0.3) is 22.6 Å². The topological polar surface area (TPSA) is 58.6 Å². The molecule has 25 heavy (non-hydrogen) atoms. The summed E-state index contributed by atoms with van der Waals surface area (Å²) in [7, 11) is 0. The highest BCUT2D eigenvalue weighted by Crippen LogP contribution is 2.27. The lowest BCUT2D eigenvalue weighted by molar-refractivity contribution is 0.474. The highest BCUT2D eigenvalue weighted by atomic mass is 16.3. The first-order valence-corrected chi connectivity index (χ1v) is 7.99. The van der Waals surface area contributed by atoms with Crippen LogP contribution in [0.1, 0.15) is 11.1 Å². The number of hydrogen-bond donors (Lipinski definition) is 1. The molecule has 4 rings (SSSR count). The van der Waals surface area contributed by atoms with Crippen LogP contribution in [0.5, 0.6) is 5.75 Å². The number of benzene rings is 3. The Bertz CT molecular complexity index is 1060. The second-order valence-corrected chi connectivity index (χ2v) is 5.85. The minimum atomic E-state index is 0.204. The van der Waals surface area contributed by atoms with Gasteiger partial charge in [-0.3, -0.25) is 4.99 Å². The van der Waals surface area contributed by atoms with Crippen molar-refractivity contribution in [1.29, 1.82) is 0 Å². The molecule has 1 heterocycles. The summed E-state index contributed by atoms with van der Waals surface area (Å²) in [5, 5.41) is 9.79. The molecule has 4 nitrogen and oxygen atoms in total. The molecule has 0 saturated carbocycles. The maximum Gasteiger partial charge on any atom is 0.227 e. The molecule has 4 aromatic rings. The van der Waals surface area contributed by atoms with Crippen molar-refractivity contribution in [2.45, 2.75) is 6.92 Å². The summed E-state index contributed by atoms with van der Waals surface area (Å²) in [5.74, 6) is 0.798. The molecule has 3 aromatic carbocycles. The monoisotopic (exact) mass is 328 g/mol. The molecule has 0 aliphatic carbocycles. The lowest BCUT2D eigenvalue weighted by Crippen LogP contribution is -1.80. The van der Waals surface area contributed by atoms with Gasteiger partial charge in [-0.2, -0.15) is 0 Å². The predicted molar refractivity (Wildman–Crippen MR) is 99.5 cm³/mol. The van der Waals surface area contributed by atoms with E-state index in [4.69, 9.17) is 4.42 Å². The molecule has 0 spiro atoms. The van der Waals surface area contributed by atoms with Crippen LogP contribution in [-0.4, -0.2) is 16.3 Å². The van der Waals surface area contributed by atoms with Gasteiger partial charge in [-0.1, -0.05) is 29.8 Å². The lowest BCUT2D eigenvalue weighted by Gasteiger charge is -1.97. The molecule has 0 bridgehead atoms. The molecule has 0 unspecified atom stereocenters. The average Bonchev–Trinajstić information content (AvgIpc) is 3.05. The molecular weight excluding hydrogens is 312 g/mol. The minimum Gasteiger partial charge on any atom is -0.507 e. The van der Waals surface area contributed by atoms with Gasteiger partial charge in [-0.25, -0.2) is 4.98 Å². The van der Waals surface area contributed by atoms with Gasteiger partial charge in [0.2, 0.25) is 5.89 Å². The van der Waals surface area contributed by atoms with Gasteiger partial charge in [0, 0.05) is 17.3 Å². The van der Waals surface area contributed by atoms with E-state index in [2.05, 4.69) is 9.98 Å². The van der Waals surface area contributed by atoms with Crippen molar-refractivity contribution in [2.75, 3.05) is 0 Å². The third-order valence-electron chi connectivity index (χ3n) is 3.96. The van der Waals surface area contributed by atoms with E-state index < -0.39 is 0 Å². The molecule has 0 radical (unpaired) electrons. The van der Waals surface area contributed by atoms with Gasteiger partial charge in [0.15, 0.2) is 5.58 Å². The molecule has 1 aromatic heterocycles. The Hall–Kier alpha value is -3.40. The van der Waals surface area contributed by atoms with E-state index in [1.54, 1.807) is 18.3 Å². The molecule has 1 N–H and O–H groups in total. The Morgan fingerprint density at radius 2 is 1.80 bits per heavy atom. The summed E-state index contributed by atoms with van der Waals surface area (Å²) in [5.41, 5.74) is 5.03. The average molecular weight is 328 g/mol. The number of aryl methyl sites for hydroxylation is 1. The van der Waals surface area contributed by atoms with Crippen LogP contribution in [-0.2, 0) is 0 Å². The fraction of sp³-hybridized carbons (Fsp3) is 0.0476. The highest BCUT2D eigenvalue weighted by Gasteiger charge is 2.08. The third-order valence-corrected chi connectivity index (χ3v) is 3.96. The smallest absolute Gasteiger partial charge is 0.227 e. The van der Waals surface area contributed by atoms with Crippen LogP contribution in [0.15, 0.2) is 76.1 Å². The number of aliphatic imine (C=N–C) groups is 1. The summed E-state index contributed by atoms with van der Waals surface area (Å²) in [4.78, 5) is 8.97. The van der Waals surface area contributed by atoms with Gasteiger partial charge in [0.1, 0.15) is 11.3 Å². The minimum absolute atomic E-state index is 0.204. The van der Waals surface area contributed by atoms with E-state index in [-0.39, 0.29) is 5.75 Å². The van der Waals surface area contributed by atoms with Crippen molar-refractivity contribution in [2.24, 2.45) is 4.99 Å². The first kappa shape index (κ1) is 15.1. The van der Waals surface area contributed by atoms with Crippen molar-refractivity contribution in [3.05, 3.63) is 77.9 Å². The summed E-state index contributed by atoms with van der Waals surface area (Å²) < 4.78 is 5.83. The van der Waals surface area contributed by atoms with Crippen molar-refractivity contribution < 1.29 is 9.52 Å². The molecule has 122 valence electrons. The van der Waals surface area contributed by atoms with E-state index >= 15 is 0 Å². The first-order valence-electron chi connectivity index (χ1n) is 7.99. The number of rotatable bonds is 3. The zero-order valence-corrected chi connectivity index (χ0v) is 13.7. The summed E-state index contributed by atoms with van der Waals surface area (Å²) in [6.45, 7) is 2.05. The standard InChI is InChI=1S/C21H16N2O2/c1-14-6-8-15(9-7-14)21-23-18-12-17(10-11-20(18)25-21)22-13-16-4-2-3-5-19(16)24/h2-13,24H,1H3. The summed E-state index contributed by atoms with van der Waals surface area (Å²) in [6.07, 6.45) is 1.64. The Labute approximate surface area is 145 Å². The second-order valence-electron chi connectivity index (χ2n) is 5.85. The number of phenols is 1. The quantitative estimate of drug-likeness (QED) is 0.522. The molecule has 0 fully saturated rings. The van der Waals surface area contributed by atoms with Gasteiger partial charge in [-0.05, 0) is 49.4 Å². The largest absolute Gasteiger partial charge is 0.507 e. The second kappa shape index (κ2) is 6.24. The van der Waals surface area contributed by atoms with Crippen LogP contribution < -0.4 is 0 Å². The van der Waals surface area contributed by atoms with E-state index in [0.29, 0.717) is 11.5 Å². The number of oxazole rings is 1. The van der Waals surface area contributed by atoms with Gasteiger partial charge < -0.3 is 9.52 Å². The van der Waals surface area contributed by atoms with Crippen LogP contribution in [0, 0.1) is 6.92 Å². The van der Waals surface area contributed by atoms with Crippen LogP contribution >= 0.6 is 0 Å². The Morgan fingerprint density at radius 3 is 2.60 bits per heavy atom. The van der Waals surface area contributed by atoms with Gasteiger partial charge >= 0.3 is 0 Å². The van der Waals surface area contributed by atoms with E-state index in [0.717, 1.165) is 22.4 Å². The SMILES string of the molecule is Cc1ccc(-c2nc3cc(N=Cc4ccccc4O)ccc3o2)cc1. The van der Waals surface area contributed by atoms with Gasteiger partial charge in [-0.15, -0.1) is 0 Å². The first-order chi connectivity index (χ1) is 12.2. The fourth-order valence-electron chi connectivity index (χ4n) is 2.56. The number of aromatic hydroxyl groups is 1. The molecule has 4 heteroatoms. The third kappa shape index (κ3) is 3.15. The predicted octanol–water partition coefficient (Wildman–Crippen LogP) is 5.26. The van der Waals surface area contributed by atoms with Crippen molar-refractivity contribution >= 4 is 23.0 Å². The highest BCUT2D eigenvalue weighted by molar-refractivity contribution is 5.87. The Balaban J connectivity index is 1.66. The van der Waals surface area contributed by atoms with Crippen molar-refractivity contribution in [3.63, 3.8) is 0 Å². The number of fused-ring (bicyclic) bond motifs is 1. The van der Waals surface area contributed by atoms with Crippen molar-refractivity contribution in [1.82, 2.24) is 4.98 Å². The number of aromatic nitrogens is 1. The lowest BCUT2D eigenvalue weighted by atomic mass is 10.1. The molecular formula is C21H16N2O2. The number of hydrogen-bond acceptors (Lipinski definition) is 4. The zero-order chi connectivity index (χ0) is 17.2. The van der Waals surface area contributed by atoms with E-state index in [9.17, 15) is 5.11 Å². The van der Waals surface area contributed by atoms with Crippen molar-refractivity contribution in [3.8, 4) is 17.2 Å². The summed E-state index contributed by atoms with van der Waals surface area (Å²) in [6, 6.07) is 20.7. The maximum atomic E-state index is 9.79. The Morgan fingerprint density at radius 1 is 1.00 bits per heavy atom. The normalized spacial score (nSPS) is 11.4. The summed E-state index contributed by atoms with van der Waals surface area (Å²) >= 11 is 0. The van der Waals surface area contributed by atoms with E-state index in [1.165, 1.54) is 5.56 Å². The number of phenolic OH excluding ortho intramolecular Hbond substituents is 1.